The molecule has 2 aliphatic rings. The number of anilines is 4. The van der Waals surface area contributed by atoms with Gasteiger partial charge in [-0.05, 0) is 25.5 Å². The number of ether oxygens (including phenoxy) is 1. The number of rotatable bonds is 3. The number of hydrogen-bond acceptors (Lipinski definition) is 9. The van der Waals surface area contributed by atoms with Gasteiger partial charge in [-0.1, -0.05) is 0 Å². The van der Waals surface area contributed by atoms with Crippen molar-refractivity contribution in [1.82, 2.24) is 24.9 Å². The number of nitrogens with one attached hydrogen (secondary N) is 1. The summed E-state index contributed by atoms with van der Waals surface area (Å²) in [5.74, 6) is 1.34. The van der Waals surface area contributed by atoms with Crippen LogP contribution in [0.1, 0.15) is 11.3 Å². The molecule has 11 nitrogen and oxygen atoms in total. The molecule has 5 heterocycles. The molecule has 2 amide bonds. The predicted molar refractivity (Wildman–Crippen MR) is 120 cm³/mol. The maximum absolute atomic E-state index is 13.2. The molecule has 3 aromatic rings. The first-order valence-corrected chi connectivity index (χ1v) is 10.4. The zero-order valence-corrected chi connectivity index (χ0v) is 17.7. The zero-order chi connectivity index (χ0) is 22.1. The molecule has 0 atom stereocenters. The van der Waals surface area contributed by atoms with Gasteiger partial charge in [0.25, 0.3) is 0 Å². The second-order valence-corrected chi connectivity index (χ2v) is 7.57. The number of nitrogens with zero attached hydrogens (tertiary/aromatic N) is 7. The average Bonchev–Trinajstić information content (AvgIpc) is 3.25. The van der Waals surface area contributed by atoms with Gasteiger partial charge in [-0.25, -0.2) is 19.7 Å². The lowest BCUT2D eigenvalue weighted by atomic mass is 10.1. The minimum absolute atomic E-state index is 0.195. The zero-order valence-electron chi connectivity index (χ0n) is 17.7. The molecule has 2 aliphatic heterocycles. The molecule has 1 fully saturated rings. The summed E-state index contributed by atoms with van der Waals surface area (Å²) in [7, 11) is 0. The minimum Gasteiger partial charge on any atom is -0.378 e. The second-order valence-electron chi connectivity index (χ2n) is 7.57. The maximum Gasteiger partial charge on any atom is 0.327 e. The standard InChI is InChI=1S/C21H23N9O2/c1-13-16(3-2-5-23-13)26-21(31)30-6-4-15-17(14-11-24-19(22)25-12-14)27-20(28-18(15)30)29-7-9-32-10-8-29/h2-3,5,11-12H,4,6-10H2,1H3,(H,26,31)(H2,22,24,25). The van der Waals surface area contributed by atoms with Crippen molar-refractivity contribution in [3.05, 3.63) is 42.0 Å². The molecule has 0 bridgehead atoms. The van der Waals surface area contributed by atoms with Crippen molar-refractivity contribution in [2.45, 2.75) is 13.3 Å². The highest BCUT2D eigenvalue weighted by molar-refractivity contribution is 6.03. The van der Waals surface area contributed by atoms with Crippen LogP contribution in [-0.2, 0) is 11.2 Å². The summed E-state index contributed by atoms with van der Waals surface area (Å²) in [6.45, 7) is 4.90. The van der Waals surface area contributed by atoms with Crippen LogP contribution in [-0.4, -0.2) is 63.8 Å². The van der Waals surface area contributed by atoms with Gasteiger partial charge >= 0.3 is 6.03 Å². The summed E-state index contributed by atoms with van der Waals surface area (Å²) < 4.78 is 5.47. The van der Waals surface area contributed by atoms with E-state index in [9.17, 15) is 4.79 Å². The number of hydrogen-bond donors (Lipinski definition) is 2. The third kappa shape index (κ3) is 3.78. The van der Waals surface area contributed by atoms with Gasteiger partial charge in [0.05, 0.1) is 30.3 Å². The molecule has 0 spiro atoms. The fourth-order valence-corrected chi connectivity index (χ4v) is 3.84. The third-order valence-corrected chi connectivity index (χ3v) is 5.55. The molecule has 0 saturated carbocycles. The van der Waals surface area contributed by atoms with Crippen molar-refractivity contribution in [2.75, 3.05) is 53.7 Å². The Bertz CT molecular complexity index is 1150. The number of aromatic nitrogens is 5. The number of pyridine rings is 1. The number of amides is 2. The van der Waals surface area contributed by atoms with Gasteiger partial charge in [-0.2, -0.15) is 4.98 Å². The van der Waals surface area contributed by atoms with E-state index in [1.54, 1.807) is 29.6 Å². The smallest absolute Gasteiger partial charge is 0.327 e. The fraction of sp³-hybridized carbons (Fsp3) is 0.333. The van der Waals surface area contributed by atoms with Gasteiger partial charge in [0, 0.05) is 49.4 Å². The van der Waals surface area contributed by atoms with Crippen LogP contribution < -0.4 is 20.9 Å². The molecule has 164 valence electrons. The van der Waals surface area contributed by atoms with Gasteiger partial charge in [-0.3, -0.25) is 9.88 Å². The number of carbonyl (C=O) groups is 1. The molecule has 32 heavy (non-hydrogen) atoms. The summed E-state index contributed by atoms with van der Waals surface area (Å²) in [5, 5.41) is 2.95. The lowest BCUT2D eigenvalue weighted by molar-refractivity contribution is 0.122. The Morgan fingerprint density at radius 3 is 2.66 bits per heavy atom. The quantitative estimate of drug-likeness (QED) is 0.632. The van der Waals surface area contributed by atoms with E-state index in [2.05, 4.69) is 25.2 Å². The van der Waals surface area contributed by atoms with Crippen LogP contribution >= 0.6 is 0 Å². The van der Waals surface area contributed by atoms with E-state index in [0.29, 0.717) is 62.4 Å². The van der Waals surface area contributed by atoms with E-state index >= 15 is 0 Å². The molecule has 0 radical (unpaired) electrons. The fourth-order valence-electron chi connectivity index (χ4n) is 3.84. The van der Waals surface area contributed by atoms with E-state index in [1.165, 1.54) is 0 Å². The number of urea groups is 1. The molecular weight excluding hydrogens is 410 g/mol. The van der Waals surface area contributed by atoms with Gasteiger partial charge < -0.3 is 20.7 Å². The van der Waals surface area contributed by atoms with E-state index < -0.39 is 0 Å². The number of aryl methyl sites for hydroxylation is 1. The molecule has 3 N–H and O–H groups in total. The Hall–Kier alpha value is -3.86. The van der Waals surface area contributed by atoms with Crippen molar-refractivity contribution < 1.29 is 9.53 Å². The molecular formula is C21H23N9O2. The summed E-state index contributed by atoms with van der Waals surface area (Å²) >= 11 is 0. The molecule has 1 saturated heterocycles. The SMILES string of the molecule is Cc1ncccc1NC(=O)N1CCc2c(-c3cnc(N)nc3)nc(N3CCOCC3)nc21. The Morgan fingerprint density at radius 1 is 1.12 bits per heavy atom. The van der Waals surface area contributed by atoms with Crippen molar-refractivity contribution in [3.8, 4) is 11.3 Å². The molecule has 0 aromatic carbocycles. The maximum atomic E-state index is 13.2. The van der Waals surface area contributed by atoms with Crippen LogP contribution in [0.3, 0.4) is 0 Å². The second kappa shape index (κ2) is 8.35. The topological polar surface area (TPSA) is 135 Å². The first-order chi connectivity index (χ1) is 15.6. The molecule has 0 unspecified atom stereocenters. The van der Waals surface area contributed by atoms with Gasteiger partial charge in [0.1, 0.15) is 5.82 Å². The van der Waals surface area contributed by atoms with E-state index in [0.717, 1.165) is 16.8 Å². The van der Waals surface area contributed by atoms with Crippen LogP contribution in [0.25, 0.3) is 11.3 Å². The number of fused-ring (bicyclic) bond motifs is 1. The lowest BCUT2D eigenvalue weighted by Crippen LogP contribution is -2.38. The van der Waals surface area contributed by atoms with Crippen LogP contribution in [0.2, 0.25) is 0 Å². The van der Waals surface area contributed by atoms with Crippen LogP contribution in [0.5, 0.6) is 0 Å². The highest BCUT2D eigenvalue weighted by atomic mass is 16.5. The Balaban J connectivity index is 1.54. The Kier molecular flexibility index (Phi) is 5.23. The van der Waals surface area contributed by atoms with Gasteiger partial charge in [0.15, 0.2) is 0 Å². The normalized spacial score (nSPS) is 15.5. The minimum atomic E-state index is -0.258. The predicted octanol–water partition coefficient (Wildman–Crippen LogP) is 1.65. The summed E-state index contributed by atoms with van der Waals surface area (Å²) in [6.07, 6.45) is 5.61. The van der Waals surface area contributed by atoms with Gasteiger partial charge in [0.2, 0.25) is 11.9 Å². The number of nitrogen functional groups attached to an aromatic ring is 1. The molecule has 0 aliphatic carbocycles. The Morgan fingerprint density at radius 2 is 1.91 bits per heavy atom. The summed E-state index contributed by atoms with van der Waals surface area (Å²) in [5.41, 5.74) is 9.41. The van der Waals surface area contributed by atoms with Crippen molar-refractivity contribution in [1.29, 1.82) is 0 Å². The lowest BCUT2D eigenvalue weighted by Gasteiger charge is -2.28. The highest BCUT2D eigenvalue weighted by Gasteiger charge is 2.32. The average molecular weight is 433 g/mol. The molecule has 11 heteroatoms. The summed E-state index contributed by atoms with van der Waals surface area (Å²) in [6, 6.07) is 3.36. The monoisotopic (exact) mass is 433 g/mol. The van der Waals surface area contributed by atoms with Crippen molar-refractivity contribution >= 4 is 29.4 Å². The first-order valence-electron chi connectivity index (χ1n) is 10.4. The third-order valence-electron chi connectivity index (χ3n) is 5.55. The Labute approximate surface area is 184 Å². The molecule has 5 rings (SSSR count). The molecule has 3 aromatic heterocycles. The van der Waals surface area contributed by atoms with Crippen LogP contribution in [0, 0.1) is 6.92 Å². The largest absolute Gasteiger partial charge is 0.378 e. The van der Waals surface area contributed by atoms with Crippen LogP contribution in [0.4, 0.5) is 28.2 Å². The summed E-state index contributed by atoms with van der Waals surface area (Å²) in [4.78, 5) is 39.0. The van der Waals surface area contributed by atoms with Gasteiger partial charge in [-0.15, -0.1) is 0 Å². The van der Waals surface area contributed by atoms with E-state index in [4.69, 9.17) is 20.4 Å². The van der Waals surface area contributed by atoms with Crippen molar-refractivity contribution in [3.63, 3.8) is 0 Å². The number of nitrogens with two attached hydrogens (primary N) is 1. The van der Waals surface area contributed by atoms with E-state index in [1.807, 2.05) is 13.0 Å². The first kappa shape index (κ1) is 20.1. The van der Waals surface area contributed by atoms with Crippen LogP contribution in [0.15, 0.2) is 30.7 Å². The highest BCUT2D eigenvalue weighted by Crippen LogP contribution is 2.35. The van der Waals surface area contributed by atoms with E-state index in [-0.39, 0.29) is 12.0 Å². The van der Waals surface area contributed by atoms with Crippen molar-refractivity contribution in [2.24, 2.45) is 0 Å². The number of carbonyl (C=O) groups excluding carboxylic acids is 1. The number of morpholine rings is 1.